The Bertz CT molecular complexity index is 1470. The van der Waals surface area contributed by atoms with Gasteiger partial charge in [0.15, 0.2) is 5.75 Å². The predicted octanol–water partition coefficient (Wildman–Crippen LogP) is 3.89. The number of hydrogen-bond acceptors (Lipinski definition) is 7. The maximum atomic E-state index is 13.0. The lowest BCUT2D eigenvalue weighted by atomic mass is 10.0. The topological polar surface area (TPSA) is 99.9 Å². The van der Waals surface area contributed by atoms with Crippen LogP contribution in [-0.2, 0) is 16.2 Å². The van der Waals surface area contributed by atoms with E-state index in [1.807, 2.05) is 19.1 Å². The van der Waals surface area contributed by atoms with Gasteiger partial charge in [0, 0.05) is 36.1 Å². The van der Waals surface area contributed by atoms with Crippen LogP contribution in [0.4, 0.5) is 0 Å². The molecule has 0 bridgehead atoms. The van der Waals surface area contributed by atoms with E-state index in [2.05, 4.69) is 19.5 Å². The monoisotopic (exact) mass is 427 g/mol. The Morgan fingerprint density at radius 1 is 1.12 bits per heavy atom. The first-order valence-corrected chi connectivity index (χ1v) is 10.0. The summed E-state index contributed by atoms with van der Waals surface area (Å²) >= 11 is 0. The van der Waals surface area contributed by atoms with Crippen molar-refractivity contribution in [1.29, 1.82) is 0 Å². The number of carbonyl (C=O) groups excluding carboxylic acids is 3. The molecule has 4 aromatic rings. The van der Waals surface area contributed by atoms with Gasteiger partial charge in [0.25, 0.3) is 5.78 Å². The number of oxime groups is 1. The molecule has 0 spiro atoms. The fourth-order valence-corrected chi connectivity index (χ4v) is 3.99. The summed E-state index contributed by atoms with van der Waals surface area (Å²) in [6, 6.07) is 14.1. The molecule has 8 heteroatoms. The van der Waals surface area contributed by atoms with Gasteiger partial charge >= 0.3 is 11.9 Å². The second kappa shape index (κ2) is 7.42. The molecule has 0 atom stereocenters. The highest BCUT2D eigenvalue weighted by Gasteiger charge is 2.33. The van der Waals surface area contributed by atoms with Crippen molar-refractivity contribution in [3.8, 4) is 5.75 Å². The predicted molar refractivity (Wildman–Crippen MR) is 117 cm³/mol. The van der Waals surface area contributed by atoms with Gasteiger partial charge in [-0.25, -0.2) is 4.79 Å². The molecular formula is C24H17N3O5. The fraction of sp³-hybridized carbons (Fsp3) is 0.125. The molecule has 0 amide bonds. The van der Waals surface area contributed by atoms with E-state index in [-0.39, 0.29) is 11.7 Å². The molecule has 8 nitrogen and oxygen atoms in total. The summed E-state index contributed by atoms with van der Waals surface area (Å²) in [5.74, 6) is -1.30. The van der Waals surface area contributed by atoms with E-state index in [1.54, 1.807) is 42.6 Å². The van der Waals surface area contributed by atoms with Crippen molar-refractivity contribution in [2.45, 2.75) is 20.4 Å². The molecule has 3 heterocycles. The second-order valence-corrected chi connectivity index (χ2v) is 7.27. The Morgan fingerprint density at radius 3 is 2.66 bits per heavy atom. The third kappa shape index (κ3) is 2.96. The quantitative estimate of drug-likeness (QED) is 0.278. The number of aryl methyl sites for hydroxylation is 1. The molecular weight excluding hydrogens is 410 g/mol. The molecule has 2 aromatic carbocycles. The van der Waals surface area contributed by atoms with Gasteiger partial charge in [-0.3, -0.25) is 14.6 Å². The number of benzene rings is 2. The molecule has 2 aromatic heterocycles. The maximum absolute atomic E-state index is 13.0. The van der Waals surface area contributed by atoms with E-state index in [9.17, 15) is 14.4 Å². The van der Waals surface area contributed by atoms with Crippen LogP contribution in [0.3, 0.4) is 0 Å². The highest BCUT2D eigenvalue weighted by molar-refractivity contribution is 6.47. The standard InChI is InChI=1S/C24H17N3O5/c1-3-27-18-9-7-14(21(29)17-6-4-5-11-25-17)12-16(18)20-19(27)10-8-15-22(30)24(31-23(15)20)26-32-13(2)28/h4-12H,3H2,1-2H3/b26-24-. The Hall–Kier alpha value is -4.33. The second-order valence-electron chi connectivity index (χ2n) is 7.27. The number of ketones is 2. The zero-order chi connectivity index (χ0) is 22.4. The van der Waals surface area contributed by atoms with Crippen LogP contribution in [0.1, 0.15) is 40.3 Å². The average Bonchev–Trinajstić information content (AvgIpc) is 3.31. The fourth-order valence-electron chi connectivity index (χ4n) is 3.99. The van der Waals surface area contributed by atoms with E-state index >= 15 is 0 Å². The zero-order valence-corrected chi connectivity index (χ0v) is 17.3. The molecule has 158 valence electrons. The third-order valence-electron chi connectivity index (χ3n) is 5.35. The van der Waals surface area contributed by atoms with Crippen molar-refractivity contribution in [3.05, 3.63) is 71.5 Å². The first kappa shape index (κ1) is 19.6. The Balaban J connectivity index is 1.73. The van der Waals surface area contributed by atoms with Crippen LogP contribution < -0.4 is 4.74 Å². The van der Waals surface area contributed by atoms with Crippen molar-refractivity contribution < 1.29 is 24.0 Å². The lowest BCUT2D eigenvalue weighted by molar-refractivity contribution is -0.141. The highest BCUT2D eigenvalue weighted by Crippen LogP contribution is 2.41. The smallest absolute Gasteiger partial charge is 0.332 e. The van der Waals surface area contributed by atoms with Crippen molar-refractivity contribution in [3.63, 3.8) is 0 Å². The van der Waals surface area contributed by atoms with Crippen molar-refractivity contribution in [2.24, 2.45) is 5.16 Å². The summed E-state index contributed by atoms with van der Waals surface area (Å²) in [6.45, 7) is 3.87. The number of rotatable bonds is 4. The van der Waals surface area contributed by atoms with E-state index in [0.717, 1.165) is 16.4 Å². The van der Waals surface area contributed by atoms with Gasteiger partial charge in [-0.1, -0.05) is 6.07 Å². The Morgan fingerprint density at radius 2 is 1.94 bits per heavy atom. The summed E-state index contributed by atoms with van der Waals surface area (Å²) in [5.41, 5.74) is 2.89. The van der Waals surface area contributed by atoms with Gasteiger partial charge in [0.2, 0.25) is 5.78 Å². The van der Waals surface area contributed by atoms with E-state index in [0.29, 0.717) is 34.5 Å². The molecule has 1 aliphatic rings. The van der Waals surface area contributed by atoms with Crippen molar-refractivity contribution >= 4 is 45.2 Å². The van der Waals surface area contributed by atoms with E-state index < -0.39 is 11.8 Å². The van der Waals surface area contributed by atoms with Gasteiger partial charge in [0.1, 0.15) is 5.69 Å². The minimum atomic E-state index is -0.657. The first-order chi connectivity index (χ1) is 15.5. The molecule has 1 aliphatic heterocycles. The highest BCUT2D eigenvalue weighted by atomic mass is 16.7. The van der Waals surface area contributed by atoms with Gasteiger partial charge in [-0.15, -0.1) is 0 Å². The van der Waals surface area contributed by atoms with Gasteiger partial charge in [-0.05, 0) is 54.5 Å². The van der Waals surface area contributed by atoms with Crippen LogP contribution in [0.15, 0.2) is 59.9 Å². The Kier molecular flexibility index (Phi) is 4.55. The zero-order valence-electron chi connectivity index (χ0n) is 17.3. The molecule has 32 heavy (non-hydrogen) atoms. The maximum Gasteiger partial charge on any atom is 0.332 e. The minimum Gasteiger partial charge on any atom is -0.432 e. The molecule has 0 N–H and O–H groups in total. The van der Waals surface area contributed by atoms with Crippen molar-refractivity contribution in [2.75, 3.05) is 0 Å². The molecule has 0 radical (unpaired) electrons. The summed E-state index contributed by atoms with van der Waals surface area (Å²) in [5, 5.41) is 5.00. The summed E-state index contributed by atoms with van der Waals surface area (Å²) in [4.78, 5) is 45.5. The molecule has 0 unspecified atom stereocenters. The largest absolute Gasteiger partial charge is 0.432 e. The van der Waals surface area contributed by atoms with E-state index in [4.69, 9.17) is 4.74 Å². The van der Waals surface area contributed by atoms with Gasteiger partial charge in [-0.2, -0.15) is 0 Å². The van der Waals surface area contributed by atoms with Crippen LogP contribution in [0.5, 0.6) is 5.75 Å². The lowest BCUT2D eigenvalue weighted by Gasteiger charge is -2.04. The van der Waals surface area contributed by atoms with Crippen LogP contribution >= 0.6 is 0 Å². The van der Waals surface area contributed by atoms with Crippen LogP contribution in [-0.4, -0.2) is 33.0 Å². The number of fused-ring (bicyclic) bond motifs is 5. The summed E-state index contributed by atoms with van der Waals surface area (Å²) < 4.78 is 7.82. The SMILES string of the molecule is CCn1c2ccc(C(=O)c3ccccn3)cc2c2c3c(ccc21)C(=O)/C(=N/OC(C)=O)O3. The number of ether oxygens (including phenoxy) is 1. The third-order valence-corrected chi connectivity index (χ3v) is 5.35. The number of nitrogens with zero attached hydrogens (tertiary/aromatic N) is 3. The van der Waals surface area contributed by atoms with Gasteiger partial charge < -0.3 is 14.1 Å². The van der Waals surface area contributed by atoms with Crippen molar-refractivity contribution in [1.82, 2.24) is 9.55 Å². The molecule has 0 saturated heterocycles. The van der Waals surface area contributed by atoms with Crippen LogP contribution in [0.2, 0.25) is 0 Å². The minimum absolute atomic E-state index is 0.202. The summed E-state index contributed by atoms with van der Waals surface area (Å²) in [7, 11) is 0. The molecule has 0 fully saturated rings. The number of carbonyl (C=O) groups is 3. The summed E-state index contributed by atoms with van der Waals surface area (Å²) in [6.07, 6.45) is 1.57. The number of Topliss-reactive ketones (excluding diaryl/α,β-unsaturated/α-hetero) is 1. The lowest BCUT2D eigenvalue weighted by Crippen LogP contribution is -2.13. The molecule has 0 saturated carbocycles. The normalized spacial score (nSPS) is 14.1. The molecule has 0 aliphatic carbocycles. The van der Waals surface area contributed by atoms with Gasteiger partial charge in [0.05, 0.1) is 16.5 Å². The van der Waals surface area contributed by atoms with Crippen LogP contribution in [0.25, 0.3) is 21.8 Å². The molecule has 5 rings (SSSR count). The van der Waals surface area contributed by atoms with Crippen LogP contribution in [0, 0.1) is 0 Å². The Labute approximate surface area is 182 Å². The first-order valence-electron chi connectivity index (χ1n) is 10.0. The number of hydrogen-bond donors (Lipinski definition) is 0. The number of pyridine rings is 1. The number of aromatic nitrogens is 2. The average molecular weight is 427 g/mol. The van der Waals surface area contributed by atoms with E-state index in [1.165, 1.54) is 6.92 Å².